The molecule has 11 rings (SSSR count). The van der Waals surface area contributed by atoms with Crippen molar-refractivity contribution in [3.63, 3.8) is 0 Å². The molecule has 0 aliphatic carbocycles. The minimum atomic E-state index is 0.858. The van der Waals surface area contributed by atoms with Crippen LogP contribution in [0.3, 0.4) is 0 Å². The van der Waals surface area contributed by atoms with Gasteiger partial charge in [0, 0.05) is 47.9 Å². The number of rotatable bonds is 6. The van der Waals surface area contributed by atoms with Gasteiger partial charge in [0.05, 0.1) is 5.69 Å². The first-order valence-electron chi connectivity index (χ1n) is 18.7. The lowest BCUT2D eigenvalue weighted by Crippen LogP contribution is -2.10. The second kappa shape index (κ2) is 12.9. The van der Waals surface area contributed by atoms with Crippen LogP contribution < -0.4 is 4.90 Å². The van der Waals surface area contributed by atoms with Gasteiger partial charge in [-0.1, -0.05) is 158 Å². The van der Waals surface area contributed by atoms with Crippen molar-refractivity contribution in [2.45, 2.75) is 0 Å². The zero-order valence-electron chi connectivity index (χ0n) is 29.8. The number of thiophene rings is 1. The molecule has 0 aliphatic rings. The maximum absolute atomic E-state index is 7.12. The predicted molar refractivity (Wildman–Crippen MR) is 235 cm³/mol. The lowest BCUT2D eigenvalue weighted by molar-refractivity contribution is 0.670. The number of fused-ring (bicyclic) bond motifs is 7. The van der Waals surface area contributed by atoms with Crippen LogP contribution in [0, 0.1) is 0 Å². The van der Waals surface area contributed by atoms with Crippen molar-refractivity contribution in [1.82, 2.24) is 0 Å². The van der Waals surface area contributed by atoms with E-state index < -0.39 is 0 Å². The van der Waals surface area contributed by atoms with Crippen molar-refractivity contribution >= 4 is 81.3 Å². The monoisotopic (exact) mass is 719 g/mol. The molecule has 11 aromatic rings. The summed E-state index contributed by atoms with van der Waals surface area (Å²) < 4.78 is 9.76. The lowest BCUT2D eigenvalue weighted by atomic mass is 9.95. The van der Waals surface area contributed by atoms with Gasteiger partial charge in [0.15, 0.2) is 5.58 Å². The Labute approximate surface area is 322 Å². The summed E-state index contributed by atoms with van der Waals surface area (Å²) >= 11 is 1.87. The predicted octanol–water partition coefficient (Wildman–Crippen LogP) is 15.6. The van der Waals surface area contributed by atoms with Gasteiger partial charge in [-0.25, -0.2) is 0 Å². The average molecular weight is 720 g/mol. The standard InChI is InChI=1S/C52H33NOS/c1-3-13-34(14-4-1)35-25-29-39(30-26-35)53(40-31-27-36(28-32-40)42-20-11-22-45-43-19-9-10-24-48(43)55-52(42)45)47-23-12-21-44-46-33-38-17-7-8-18-41(38)49(51(46)54-50(44)47)37-15-5-2-6-16-37/h1-33H. The van der Waals surface area contributed by atoms with Crippen molar-refractivity contribution < 1.29 is 4.42 Å². The molecule has 0 amide bonds. The molecule has 0 bridgehead atoms. The molecule has 0 unspecified atom stereocenters. The first-order chi connectivity index (χ1) is 27.3. The topological polar surface area (TPSA) is 16.4 Å². The van der Waals surface area contributed by atoms with Crippen LogP contribution >= 0.6 is 11.3 Å². The second-order valence-corrected chi connectivity index (χ2v) is 15.1. The van der Waals surface area contributed by atoms with Gasteiger partial charge in [-0.2, -0.15) is 0 Å². The number of hydrogen-bond acceptors (Lipinski definition) is 3. The van der Waals surface area contributed by atoms with Crippen LogP contribution in [0.15, 0.2) is 205 Å². The summed E-state index contributed by atoms with van der Waals surface area (Å²) in [7, 11) is 0. The Morgan fingerprint density at radius 3 is 1.73 bits per heavy atom. The van der Waals surface area contributed by atoms with Gasteiger partial charge in [-0.3, -0.25) is 0 Å². The normalized spacial score (nSPS) is 11.6. The molecule has 258 valence electrons. The third-order valence-corrected chi connectivity index (χ3v) is 12.1. The van der Waals surface area contributed by atoms with Gasteiger partial charge in [-0.05, 0) is 81.1 Å². The molecule has 2 aromatic heterocycles. The van der Waals surface area contributed by atoms with E-state index in [0.29, 0.717) is 0 Å². The largest absolute Gasteiger partial charge is 0.453 e. The molecule has 55 heavy (non-hydrogen) atoms. The highest BCUT2D eigenvalue weighted by molar-refractivity contribution is 7.26. The van der Waals surface area contributed by atoms with Crippen LogP contribution in [-0.2, 0) is 0 Å². The summed E-state index contributed by atoms with van der Waals surface area (Å²) in [5, 5.41) is 7.20. The lowest BCUT2D eigenvalue weighted by Gasteiger charge is -2.26. The fourth-order valence-corrected chi connectivity index (χ4v) is 9.51. The van der Waals surface area contributed by atoms with Gasteiger partial charge in [0.2, 0.25) is 0 Å². The highest BCUT2D eigenvalue weighted by atomic mass is 32.1. The molecular weight excluding hydrogens is 687 g/mol. The van der Waals surface area contributed by atoms with Crippen LogP contribution in [-0.4, -0.2) is 0 Å². The van der Waals surface area contributed by atoms with Crippen LogP contribution in [0.4, 0.5) is 17.1 Å². The van der Waals surface area contributed by atoms with E-state index in [1.165, 1.54) is 53.2 Å². The van der Waals surface area contributed by atoms with Crippen LogP contribution in [0.5, 0.6) is 0 Å². The Bertz CT molecular complexity index is 3180. The molecule has 0 saturated carbocycles. The molecule has 0 radical (unpaired) electrons. The van der Waals surface area contributed by atoms with Gasteiger partial charge in [0.25, 0.3) is 0 Å². The number of nitrogens with zero attached hydrogens (tertiary/aromatic N) is 1. The first kappa shape index (κ1) is 31.6. The molecule has 0 aliphatic heterocycles. The minimum absolute atomic E-state index is 0.858. The SMILES string of the molecule is c1ccc(-c2ccc(N(c3ccc(-c4cccc5c4sc4ccccc45)cc3)c3cccc4c3oc3c(-c5ccccc5)c5ccccc5cc34)cc2)cc1. The highest BCUT2D eigenvalue weighted by Gasteiger charge is 2.22. The number of benzene rings is 9. The second-order valence-electron chi connectivity index (χ2n) is 14.0. The Morgan fingerprint density at radius 2 is 0.964 bits per heavy atom. The van der Waals surface area contributed by atoms with Crippen molar-refractivity contribution in [3.8, 4) is 33.4 Å². The van der Waals surface area contributed by atoms with E-state index in [0.717, 1.165) is 50.1 Å². The summed E-state index contributed by atoms with van der Waals surface area (Å²) in [6.45, 7) is 0. The zero-order chi connectivity index (χ0) is 36.3. The minimum Gasteiger partial charge on any atom is -0.453 e. The number of furan rings is 1. The molecule has 0 fully saturated rings. The van der Waals surface area contributed by atoms with E-state index in [1.807, 2.05) is 11.3 Å². The van der Waals surface area contributed by atoms with Crippen molar-refractivity contribution in [2.75, 3.05) is 4.90 Å². The molecule has 0 spiro atoms. The van der Waals surface area contributed by atoms with E-state index >= 15 is 0 Å². The van der Waals surface area contributed by atoms with Gasteiger partial charge < -0.3 is 9.32 Å². The molecular formula is C52H33NOS. The quantitative estimate of drug-likeness (QED) is 0.170. The van der Waals surface area contributed by atoms with Gasteiger partial charge in [-0.15, -0.1) is 11.3 Å². The molecule has 9 aromatic carbocycles. The van der Waals surface area contributed by atoms with Crippen molar-refractivity contribution in [2.24, 2.45) is 0 Å². The average Bonchev–Trinajstić information content (AvgIpc) is 3.83. The summed E-state index contributed by atoms with van der Waals surface area (Å²) in [5.41, 5.74) is 11.9. The third kappa shape index (κ3) is 5.24. The highest BCUT2D eigenvalue weighted by Crippen LogP contribution is 2.47. The summed E-state index contributed by atoms with van der Waals surface area (Å²) in [4.78, 5) is 2.34. The molecule has 0 saturated heterocycles. The number of anilines is 3. The van der Waals surface area contributed by atoms with Gasteiger partial charge >= 0.3 is 0 Å². The molecule has 2 heterocycles. The Balaban J connectivity index is 1.11. The molecule has 0 N–H and O–H groups in total. The molecule has 0 atom stereocenters. The summed E-state index contributed by atoms with van der Waals surface area (Å²) in [6, 6.07) is 71.9. The Hall–Kier alpha value is -6.94. The third-order valence-electron chi connectivity index (χ3n) is 10.9. The van der Waals surface area contributed by atoms with E-state index in [-0.39, 0.29) is 0 Å². The summed E-state index contributed by atoms with van der Waals surface area (Å²) in [5.74, 6) is 0. The maximum atomic E-state index is 7.12. The van der Waals surface area contributed by atoms with Crippen molar-refractivity contribution in [3.05, 3.63) is 200 Å². The fraction of sp³-hybridized carbons (Fsp3) is 0. The van der Waals surface area contributed by atoms with Crippen molar-refractivity contribution in [1.29, 1.82) is 0 Å². The number of para-hydroxylation sites is 1. The number of hydrogen-bond donors (Lipinski definition) is 0. The fourth-order valence-electron chi connectivity index (χ4n) is 8.27. The van der Waals surface area contributed by atoms with E-state index in [9.17, 15) is 0 Å². The summed E-state index contributed by atoms with van der Waals surface area (Å²) in [6.07, 6.45) is 0. The molecule has 3 heteroatoms. The maximum Gasteiger partial charge on any atom is 0.159 e. The zero-order valence-corrected chi connectivity index (χ0v) is 30.6. The van der Waals surface area contributed by atoms with Crippen LogP contribution in [0.1, 0.15) is 0 Å². The van der Waals surface area contributed by atoms with Gasteiger partial charge in [0.1, 0.15) is 5.58 Å². The van der Waals surface area contributed by atoms with Crippen LogP contribution in [0.2, 0.25) is 0 Å². The first-order valence-corrected chi connectivity index (χ1v) is 19.5. The van der Waals surface area contributed by atoms with E-state index in [2.05, 4.69) is 205 Å². The Kier molecular flexibility index (Phi) is 7.39. The Morgan fingerprint density at radius 1 is 0.382 bits per heavy atom. The molecule has 2 nitrogen and oxygen atoms in total. The van der Waals surface area contributed by atoms with Crippen LogP contribution in [0.25, 0.3) is 86.3 Å². The smallest absolute Gasteiger partial charge is 0.159 e. The van der Waals surface area contributed by atoms with E-state index in [4.69, 9.17) is 4.42 Å². The van der Waals surface area contributed by atoms with E-state index in [1.54, 1.807) is 0 Å².